The highest BCUT2D eigenvalue weighted by atomic mass is 32.1. The van der Waals surface area contributed by atoms with E-state index in [1.807, 2.05) is 6.20 Å². The lowest BCUT2D eigenvalue weighted by atomic mass is 9.73. The molecule has 55 heavy (non-hydrogen) atoms. The van der Waals surface area contributed by atoms with Gasteiger partial charge in [-0.3, -0.25) is 4.90 Å². The third kappa shape index (κ3) is 10.3. The van der Waals surface area contributed by atoms with Gasteiger partial charge >= 0.3 is 0 Å². The molecule has 0 atom stereocenters. The number of likely N-dealkylation sites (tertiary alicyclic amines) is 2. The molecule has 0 N–H and O–H groups in total. The van der Waals surface area contributed by atoms with Crippen LogP contribution in [0.2, 0.25) is 0 Å². The maximum Gasteiger partial charge on any atom is 0.119 e. The van der Waals surface area contributed by atoms with E-state index in [2.05, 4.69) is 101 Å². The SMILES string of the molecule is CC(C)N1CC(COc2ccc(C3(CN4CCOCC4)CCOCC3)cc2)C1.CC(C)N1CCC(Oc2ccc(C3(c4nccs4)CCOCC3)cc2)CC1. The first-order valence-corrected chi connectivity index (χ1v) is 22.0. The van der Waals surface area contributed by atoms with Crippen LogP contribution in [0.15, 0.2) is 60.1 Å². The summed E-state index contributed by atoms with van der Waals surface area (Å²) in [6.07, 6.45) is 8.65. The van der Waals surface area contributed by atoms with Crippen LogP contribution in [0.25, 0.3) is 0 Å². The molecule has 8 rings (SSSR count). The molecule has 5 fully saturated rings. The van der Waals surface area contributed by atoms with Crippen molar-refractivity contribution in [2.24, 2.45) is 5.92 Å². The lowest BCUT2D eigenvalue weighted by Gasteiger charge is -2.42. The molecule has 0 aliphatic carbocycles. The van der Waals surface area contributed by atoms with E-state index in [0.717, 1.165) is 129 Å². The molecule has 10 heteroatoms. The number of ether oxygens (including phenoxy) is 5. The van der Waals surface area contributed by atoms with Gasteiger partial charge in [0.05, 0.1) is 25.2 Å². The molecule has 2 aromatic carbocycles. The molecule has 3 aromatic rings. The van der Waals surface area contributed by atoms with Crippen molar-refractivity contribution in [2.45, 2.75) is 95.2 Å². The molecule has 6 heterocycles. The van der Waals surface area contributed by atoms with E-state index in [-0.39, 0.29) is 10.8 Å². The van der Waals surface area contributed by atoms with E-state index in [1.165, 1.54) is 29.2 Å². The van der Waals surface area contributed by atoms with Crippen LogP contribution in [0.4, 0.5) is 0 Å². The van der Waals surface area contributed by atoms with Crippen molar-refractivity contribution in [2.75, 3.05) is 92.1 Å². The number of aromatic nitrogens is 1. The molecule has 0 saturated carbocycles. The van der Waals surface area contributed by atoms with Crippen LogP contribution in [0.3, 0.4) is 0 Å². The first-order valence-electron chi connectivity index (χ1n) is 21.2. The largest absolute Gasteiger partial charge is 0.493 e. The average Bonchev–Trinajstić information content (AvgIpc) is 3.76. The molecule has 0 unspecified atom stereocenters. The predicted octanol–water partition coefficient (Wildman–Crippen LogP) is 7.28. The first-order chi connectivity index (χ1) is 26.8. The maximum absolute atomic E-state index is 6.28. The fourth-order valence-corrected chi connectivity index (χ4v) is 10.0. The summed E-state index contributed by atoms with van der Waals surface area (Å²) in [5, 5.41) is 3.29. The number of rotatable bonds is 12. The van der Waals surface area contributed by atoms with E-state index in [1.54, 1.807) is 11.3 Å². The van der Waals surface area contributed by atoms with Gasteiger partial charge in [-0.2, -0.15) is 0 Å². The second-order valence-electron chi connectivity index (χ2n) is 17.0. The minimum atomic E-state index is -0.00640. The van der Waals surface area contributed by atoms with Crippen LogP contribution in [0, 0.1) is 5.92 Å². The predicted molar refractivity (Wildman–Crippen MR) is 221 cm³/mol. The molecule has 5 aliphatic heterocycles. The number of thiazole rings is 1. The lowest BCUT2D eigenvalue weighted by Crippen LogP contribution is -2.52. The van der Waals surface area contributed by atoms with Gasteiger partial charge in [-0.1, -0.05) is 24.3 Å². The Labute approximate surface area is 334 Å². The fraction of sp³-hybridized carbons (Fsp3) is 0.667. The van der Waals surface area contributed by atoms with Gasteiger partial charge in [-0.25, -0.2) is 4.98 Å². The van der Waals surface area contributed by atoms with Gasteiger partial charge in [0.15, 0.2) is 0 Å². The molecular formula is C45H66N4O5S. The minimum Gasteiger partial charge on any atom is -0.493 e. The molecule has 5 saturated heterocycles. The van der Waals surface area contributed by atoms with E-state index in [9.17, 15) is 0 Å². The summed E-state index contributed by atoms with van der Waals surface area (Å²) in [7, 11) is 0. The van der Waals surface area contributed by atoms with Crippen LogP contribution in [0.1, 0.15) is 82.4 Å². The van der Waals surface area contributed by atoms with Crippen molar-refractivity contribution in [3.05, 3.63) is 76.2 Å². The van der Waals surface area contributed by atoms with Crippen molar-refractivity contribution in [1.82, 2.24) is 19.7 Å². The van der Waals surface area contributed by atoms with Crippen molar-refractivity contribution in [3.8, 4) is 11.5 Å². The number of piperidine rings is 1. The second kappa shape index (κ2) is 19.2. The Morgan fingerprint density at radius 1 is 0.709 bits per heavy atom. The molecule has 0 spiro atoms. The zero-order valence-corrected chi connectivity index (χ0v) is 34.8. The molecule has 5 aliphatic rings. The Balaban J connectivity index is 0.000000169. The van der Waals surface area contributed by atoms with Gasteiger partial charge in [0.2, 0.25) is 0 Å². The molecule has 302 valence electrons. The summed E-state index contributed by atoms with van der Waals surface area (Å²) >= 11 is 1.76. The number of benzene rings is 2. The fourth-order valence-electron chi connectivity index (χ4n) is 9.10. The Hall–Kier alpha value is -2.57. The van der Waals surface area contributed by atoms with Crippen molar-refractivity contribution >= 4 is 11.3 Å². The Morgan fingerprint density at radius 3 is 1.89 bits per heavy atom. The molecule has 0 radical (unpaired) electrons. The minimum absolute atomic E-state index is 0.00640. The quantitative estimate of drug-likeness (QED) is 0.189. The number of hydrogen-bond acceptors (Lipinski definition) is 10. The molecule has 0 bridgehead atoms. The van der Waals surface area contributed by atoms with Crippen LogP contribution in [-0.4, -0.2) is 130 Å². The smallest absolute Gasteiger partial charge is 0.119 e. The van der Waals surface area contributed by atoms with Crippen molar-refractivity contribution in [1.29, 1.82) is 0 Å². The summed E-state index contributed by atoms with van der Waals surface area (Å²) in [4.78, 5) is 12.2. The molecule has 0 amide bonds. The zero-order valence-electron chi connectivity index (χ0n) is 34.0. The highest BCUT2D eigenvalue weighted by Gasteiger charge is 2.39. The van der Waals surface area contributed by atoms with Gasteiger partial charge < -0.3 is 33.5 Å². The summed E-state index contributed by atoms with van der Waals surface area (Å²) in [6.45, 7) is 22.7. The Kier molecular flexibility index (Phi) is 14.2. The van der Waals surface area contributed by atoms with Gasteiger partial charge in [-0.15, -0.1) is 11.3 Å². The first kappa shape index (κ1) is 40.6. The summed E-state index contributed by atoms with van der Waals surface area (Å²) in [5.41, 5.74) is 2.96. The topological polar surface area (TPSA) is 68.8 Å². The molecule has 9 nitrogen and oxygen atoms in total. The summed E-state index contributed by atoms with van der Waals surface area (Å²) in [5.74, 6) is 2.66. The van der Waals surface area contributed by atoms with Gasteiger partial charge in [-0.05, 0) is 102 Å². The van der Waals surface area contributed by atoms with Crippen LogP contribution in [-0.2, 0) is 25.0 Å². The van der Waals surface area contributed by atoms with Crippen molar-refractivity contribution in [3.63, 3.8) is 0 Å². The third-order valence-electron chi connectivity index (χ3n) is 12.9. The third-order valence-corrected chi connectivity index (χ3v) is 13.8. The van der Waals surface area contributed by atoms with E-state index in [4.69, 9.17) is 23.7 Å². The van der Waals surface area contributed by atoms with Crippen LogP contribution >= 0.6 is 11.3 Å². The lowest BCUT2D eigenvalue weighted by molar-refractivity contribution is -0.00121. The van der Waals surface area contributed by atoms with Gasteiger partial charge in [0.25, 0.3) is 0 Å². The van der Waals surface area contributed by atoms with E-state index >= 15 is 0 Å². The highest BCUT2D eigenvalue weighted by Crippen LogP contribution is 2.43. The second-order valence-corrected chi connectivity index (χ2v) is 17.9. The highest BCUT2D eigenvalue weighted by molar-refractivity contribution is 7.09. The van der Waals surface area contributed by atoms with Gasteiger partial charge in [0, 0.05) is 107 Å². The number of hydrogen-bond donors (Lipinski definition) is 0. The maximum atomic E-state index is 6.28. The van der Waals surface area contributed by atoms with E-state index < -0.39 is 0 Å². The Morgan fingerprint density at radius 2 is 1.29 bits per heavy atom. The average molecular weight is 775 g/mol. The molecular weight excluding hydrogens is 709 g/mol. The standard InChI is InChI=1S/C23H36N2O3.C22H30N2O2S/c1-19(2)25-15-20(16-25)17-28-22-5-3-21(4-6-22)23(7-11-26-12-8-23)18-24-9-13-27-14-10-24;1-17(2)24-12-7-20(8-13-24)26-19-5-3-18(4-6-19)22(9-14-25-15-10-22)21-23-11-16-27-21/h3-6,19-20H,7-18H2,1-2H3;3-6,11,16-17,20H,7-10,12-15H2,1-2H3. The molecule has 1 aromatic heterocycles. The van der Waals surface area contributed by atoms with Crippen LogP contribution in [0.5, 0.6) is 11.5 Å². The van der Waals surface area contributed by atoms with E-state index in [0.29, 0.717) is 24.1 Å². The normalized spacial score (nSPS) is 22.9. The summed E-state index contributed by atoms with van der Waals surface area (Å²) in [6, 6.07) is 19.0. The zero-order chi connectivity index (χ0) is 38.1. The monoisotopic (exact) mass is 774 g/mol. The van der Waals surface area contributed by atoms with Crippen molar-refractivity contribution < 1.29 is 23.7 Å². The summed E-state index contributed by atoms with van der Waals surface area (Å²) < 4.78 is 29.2. The Bertz CT molecular complexity index is 1540. The van der Waals surface area contributed by atoms with Gasteiger partial charge in [0.1, 0.15) is 22.6 Å². The number of nitrogens with zero attached hydrogens (tertiary/aromatic N) is 4. The van der Waals surface area contributed by atoms with Crippen LogP contribution < -0.4 is 9.47 Å². The number of morpholine rings is 1.